The van der Waals surface area contributed by atoms with Gasteiger partial charge in [-0.1, -0.05) is 36.8 Å². The second kappa shape index (κ2) is 9.41. The first kappa shape index (κ1) is 15.2. The quantitative estimate of drug-likeness (QED) is 0.574. The highest BCUT2D eigenvalue weighted by Crippen LogP contribution is 2.08. The molecular formula is C15H27N. The molecule has 0 aromatic rings. The van der Waals surface area contributed by atoms with Crippen molar-refractivity contribution in [3.63, 3.8) is 0 Å². The third-order valence-corrected chi connectivity index (χ3v) is 2.57. The number of hydrogen-bond donors (Lipinski definition) is 1. The standard InChI is InChI=1S/C15H27N/c1-6-16-15(14(4)5)12-10-8-7-9-11-13(2)3/h7-8,15-16H,2,4,6,9-12H2,1,3,5H3/b8-7-. The molecule has 1 unspecified atom stereocenters. The molecule has 1 nitrogen and oxygen atoms in total. The molecule has 0 aromatic carbocycles. The van der Waals surface area contributed by atoms with E-state index in [2.05, 4.69) is 51.4 Å². The lowest BCUT2D eigenvalue weighted by Gasteiger charge is -2.16. The third-order valence-electron chi connectivity index (χ3n) is 2.57. The van der Waals surface area contributed by atoms with Crippen LogP contribution in [0.4, 0.5) is 0 Å². The lowest BCUT2D eigenvalue weighted by atomic mass is 10.0. The predicted molar refractivity (Wildman–Crippen MR) is 74.7 cm³/mol. The smallest absolute Gasteiger partial charge is 0.0276 e. The van der Waals surface area contributed by atoms with E-state index < -0.39 is 0 Å². The summed E-state index contributed by atoms with van der Waals surface area (Å²) < 4.78 is 0. The Hall–Kier alpha value is -0.820. The second-order valence-electron chi connectivity index (χ2n) is 4.50. The fourth-order valence-electron chi connectivity index (χ4n) is 1.60. The van der Waals surface area contributed by atoms with Crippen molar-refractivity contribution in [2.45, 2.75) is 52.5 Å². The van der Waals surface area contributed by atoms with Crippen molar-refractivity contribution in [3.8, 4) is 0 Å². The van der Waals surface area contributed by atoms with Crippen molar-refractivity contribution in [1.82, 2.24) is 5.32 Å². The zero-order valence-corrected chi connectivity index (χ0v) is 11.2. The molecule has 16 heavy (non-hydrogen) atoms. The molecule has 0 fully saturated rings. The molecule has 92 valence electrons. The molecule has 0 saturated heterocycles. The lowest BCUT2D eigenvalue weighted by molar-refractivity contribution is 0.556. The van der Waals surface area contributed by atoms with Gasteiger partial charge in [0.05, 0.1) is 0 Å². The van der Waals surface area contributed by atoms with E-state index in [-0.39, 0.29) is 0 Å². The van der Waals surface area contributed by atoms with Gasteiger partial charge < -0.3 is 5.32 Å². The molecule has 1 atom stereocenters. The van der Waals surface area contributed by atoms with Crippen LogP contribution >= 0.6 is 0 Å². The molecule has 0 aromatic heterocycles. The monoisotopic (exact) mass is 221 g/mol. The molecular weight excluding hydrogens is 194 g/mol. The van der Waals surface area contributed by atoms with Crippen molar-refractivity contribution >= 4 is 0 Å². The van der Waals surface area contributed by atoms with E-state index in [1.807, 2.05) is 0 Å². The Morgan fingerprint density at radius 1 is 1.19 bits per heavy atom. The van der Waals surface area contributed by atoms with Crippen LogP contribution in [-0.4, -0.2) is 12.6 Å². The van der Waals surface area contributed by atoms with Crippen molar-refractivity contribution in [3.05, 3.63) is 36.5 Å². The number of allylic oxidation sites excluding steroid dienone is 3. The number of hydrogen-bond acceptors (Lipinski definition) is 1. The van der Waals surface area contributed by atoms with Crippen molar-refractivity contribution in [2.24, 2.45) is 0 Å². The second-order valence-corrected chi connectivity index (χ2v) is 4.50. The van der Waals surface area contributed by atoms with Gasteiger partial charge in [-0.3, -0.25) is 0 Å². The number of rotatable bonds is 9. The van der Waals surface area contributed by atoms with Crippen LogP contribution in [0.25, 0.3) is 0 Å². The van der Waals surface area contributed by atoms with Crippen LogP contribution in [0.2, 0.25) is 0 Å². The fourth-order valence-corrected chi connectivity index (χ4v) is 1.60. The molecule has 0 aliphatic heterocycles. The summed E-state index contributed by atoms with van der Waals surface area (Å²) in [5, 5.41) is 3.44. The maximum Gasteiger partial charge on any atom is 0.0276 e. The van der Waals surface area contributed by atoms with Gasteiger partial charge in [0.25, 0.3) is 0 Å². The summed E-state index contributed by atoms with van der Waals surface area (Å²) in [5.41, 5.74) is 2.49. The summed E-state index contributed by atoms with van der Waals surface area (Å²) in [6, 6.07) is 0.468. The molecule has 0 spiro atoms. The van der Waals surface area contributed by atoms with E-state index in [0.717, 1.165) is 32.2 Å². The van der Waals surface area contributed by atoms with E-state index in [1.54, 1.807) is 0 Å². The minimum atomic E-state index is 0.468. The summed E-state index contributed by atoms with van der Waals surface area (Å²) in [7, 11) is 0. The van der Waals surface area contributed by atoms with Crippen LogP contribution in [0.5, 0.6) is 0 Å². The maximum absolute atomic E-state index is 4.01. The summed E-state index contributed by atoms with van der Waals surface area (Å²) in [5.74, 6) is 0. The van der Waals surface area contributed by atoms with E-state index >= 15 is 0 Å². The van der Waals surface area contributed by atoms with Crippen LogP contribution in [0, 0.1) is 0 Å². The highest BCUT2D eigenvalue weighted by atomic mass is 14.9. The number of likely N-dealkylation sites (N-methyl/N-ethyl adjacent to an activating group) is 1. The van der Waals surface area contributed by atoms with Crippen LogP contribution < -0.4 is 5.32 Å². The molecule has 0 heterocycles. The normalized spacial score (nSPS) is 12.9. The van der Waals surface area contributed by atoms with Crippen molar-refractivity contribution in [2.75, 3.05) is 6.54 Å². The topological polar surface area (TPSA) is 12.0 Å². The molecule has 0 bridgehead atoms. The average Bonchev–Trinajstić information content (AvgIpc) is 2.20. The molecule has 0 aliphatic rings. The Bertz CT molecular complexity index is 238. The van der Waals surface area contributed by atoms with Gasteiger partial charge in [-0.2, -0.15) is 0 Å². The molecule has 0 rings (SSSR count). The Morgan fingerprint density at radius 3 is 2.31 bits per heavy atom. The molecule has 0 saturated carbocycles. The molecule has 0 amide bonds. The highest BCUT2D eigenvalue weighted by molar-refractivity contribution is 5.02. The van der Waals surface area contributed by atoms with Gasteiger partial charge >= 0.3 is 0 Å². The van der Waals surface area contributed by atoms with E-state index in [0.29, 0.717) is 6.04 Å². The van der Waals surface area contributed by atoms with Crippen LogP contribution in [0.1, 0.15) is 46.5 Å². The van der Waals surface area contributed by atoms with Gasteiger partial charge in [-0.05, 0) is 46.1 Å². The Balaban J connectivity index is 3.68. The average molecular weight is 221 g/mol. The SMILES string of the molecule is C=C(C)CC/C=C\CCC(NCC)C(=C)C. The van der Waals surface area contributed by atoms with Crippen LogP contribution in [-0.2, 0) is 0 Å². The molecule has 0 radical (unpaired) electrons. The lowest BCUT2D eigenvalue weighted by Crippen LogP contribution is -2.29. The Labute approximate surface area is 101 Å². The van der Waals surface area contributed by atoms with Crippen molar-refractivity contribution in [1.29, 1.82) is 0 Å². The van der Waals surface area contributed by atoms with Gasteiger partial charge in [-0.25, -0.2) is 0 Å². The van der Waals surface area contributed by atoms with Gasteiger partial charge in [0.1, 0.15) is 0 Å². The van der Waals surface area contributed by atoms with Crippen LogP contribution in [0.3, 0.4) is 0 Å². The third kappa shape index (κ3) is 8.49. The maximum atomic E-state index is 4.01. The van der Waals surface area contributed by atoms with Gasteiger partial charge in [0.2, 0.25) is 0 Å². The summed E-state index contributed by atoms with van der Waals surface area (Å²) in [6.45, 7) is 15.2. The van der Waals surface area contributed by atoms with Crippen LogP contribution in [0.15, 0.2) is 36.5 Å². The van der Waals surface area contributed by atoms with Gasteiger partial charge in [0, 0.05) is 6.04 Å². The first-order chi connectivity index (χ1) is 7.57. The number of nitrogens with one attached hydrogen (secondary N) is 1. The summed E-state index contributed by atoms with van der Waals surface area (Å²) in [6.07, 6.45) is 9.03. The summed E-state index contributed by atoms with van der Waals surface area (Å²) >= 11 is 0. The van der Waals surface area contributed by atoms with E-state index in [4.69, 9.17) is 0 Å². The molecule has 0 aliphatic carbocycles. The predicted octanol–water partition coefficient (Wildman–Crippen LogP) is 4.23. The molecule has 1 heteroatoms. The molecule has 1 N–H and O–H groups in total. The zero-order valence-electron chi connectivity index (χ0n) is 11.2. The van der Waals surface area contributed by atoms with Gasteiger partial charge in [0.15, 0.2) is 0 Å². The fraction of sp³-hybridized carbons (Fsp3) is 0.600. The van der Waals surface area contributed by atoms with E-state index in [9.17, 15) is 0 Å². The first-order valence-electron chi connectivity index (χ1n) is 6.26. The minimum absolute atomic E-state index is 0.468. The highest BCUT2D eigenvalue weighted by Gasteiger charge is 2.05. The first-order valence-corrected chi connectivity index (χ1v) is 6.26. The minimum Gasteiger partial charge on any atom is -0.311 e. The Morgan fingerprint density at radius 2 is 1.81 bits per heavy atom. The van der Waals surface area contributed by atoms with Gasteiger partial charge in [-0.15, -0.1) is 6.58 Å². The Kier molecular flexibility index (Phi) is 8.93. The van der Waals surface area contributed by atoms with Crippen molar-refractivity contribution < 1.29 is 0 Å². The zero-order chi connectivity index (χ0) is 12.4. The van der Waals surface area contributed by atoms with E-state index in [1.165, 1.54) is 11.1 Å². The summed E-state index contributed by atoms with van der Waals surface area (Å²) in [4.78, 5) is 0. The largest absolute Gasteiger partial charge is 0.311 e.